The Hall–Kier alpha value is -3.22. The number of nitrogens with zero attached hydrogens (tertiary/aromatic N) is 1. The highest BCUT2D eigenvalue weighted by molar-refractivity contribution is 5.95. The lowest BCUT2D eigenvalue weighted by molar-refractivity contribution is -0.152. The number of aryl methyl sites for hydroxylation is 1. The van der Waals surface area contributed by atoms with Crippen molar-refractivity contribution < 1.29 is 23.2 Å². The Morgan fingerprint density at radius 3 is 2.81 bits per heavy atom. The molecule has 0 fully saturated rings. The molecule has 134 valence electrons. The van der Waals surface area contributed by atoms with E-state index in [1.807, 2.05) is 6.07 Å². The summed E-state index contributed by atoms with van der Waals surface area (Å²) in [4.78, 5) is 24.2. The molecule has 7 heteroatoms. The second kappa shape index (κ2) is 7.35. The van der Waals surface area contributed by atoms with Crippen LogP contribution in [0.2, 0.25) is 0 Å². The Balaban J connectivity index is 1.59. The molecular formula is C19H17FN2O4. The summed E-state index contributed by atoms with van der Waals surface area (Å²) in [5.41, 5.74) is 1.78. The van der Waals surface area contributed by atoms with Crippen LogP contribution in [0.5, 0.6) is 0 Å². The molecule has 0 saturated carbocycles. The van der Waals surface area contributed by atoms with Crippen LogP contribution >= 0.6 is 0 Å². The van der Waals surface area contributed by atoms with Crippen molar-refractivity contribution in [2.24, 2.45) is 0 Å². The van der Waals surface area contributed by atoms with Gasteiger partial charge in [-0.1, -0.05) is 23.4 Å². The van der Waals surface area contributed by atoms with Crippen LogP contribution in [-0.2, 0) is 20.7 Å². The quantitative estimate of drug-likeness (QED) is 0.709. The number of fused-ring (bicyclic) bond motifs is 1. The summed E-state index contributed by atoms with van der Waals surface area (Å²) < 4.78 is 23.8. The Morgan fingerprint density at radius 2 is 2.04 bits per heavy atom. The minimum atomic E-state index is -1.04. The molecule has 0 radical (unpaired) electrons. The summed E-state index contributed by atoms with van der Waals surface area (Å²) in [6.45, 7) is 3.07. The van der Waals surface area contributed by atoms with Gasteiger partial charge in [0.15, 0.2) is 11.7 Å². The summed E-state index contributed by atoms with van der Waals surface area (Å²) >= 11 is 0. The van der Waals surface area contributed by atoms with Crippen molar-refractivity contribution in [1.82, 2.24) is 5.16 Å². The van der Waals surface area contributed by atoms with E-state index < -0.39 is 23.8 Å². The molecule has 6 nitrogen and oxygen atoms in total. The molecule has 1 heterocycles. The molecule has 1 N–H and O–H groups in total. The van der Waals surface area contributed by atoms with Crippen LogP contribution in [0.15, 0.2) is 47.0 Å². The largest absolute Gasteiger partial charge is 0.452 e. The lowest BCUT2D eigenvalue weighted by Crippen LogP contribution is -2.30. The van der Waals surface area contributed by atoms with Crippen LogP contribution in [0.25, 0.3) is 11.0 Å². The third kappa shape index (κ3) is 3.88. The zero-order chi connectivity index (χ0) is 18.7. The number of carbonyl (C=O) groups excluding carboxylic acids is 2. The molecule has 0 bridgehead atoms. The van der Waals surface area contributed by atoms with Gasteiger partial charge in [0, 0.05) is 11.1 Å². The van der Waals surface area contributed by atoms with Crippen molar-refractivity contribution in [3.63, 3.8) is 0 Å². The normalized spacial score (nSPS) is 12.0. The fourth-order valence-corrected chi connectivity index (χ4v) is 2.41. The third-order valence-electron chi connectivity index (χ3n) is 3.88. The van der Waals surface area contributed by atoms with Crippen molar-refractivity contribution >= 4 is 28.5 Å². The second-order valence-electron chi connectivity index (χ2n) is 5.89. The van der Waals surface area contributed by atoms with E-state index >= 15 is 0 Å². The first-order valence-corrected chi connectivity index (χ1v) is 8.04. The predicted octanol–water partition coefficient (Wildman–Crippen LogP) is 3.39. The van der Waals surface area contributed by atoms with Crippen LogP contribution in [-0.4, -0.2) is 23.1 Å². The van der Waals surface area contributed by atoms with E-state index in [1.54, 1.807) is 37.3 Å². The van der Waals surface area contributed by atoms with Crippen molar-refractivity contribution in [3.8, 4) is 0 Å². The van der Waals surface area contributed by atoms with E-state index in [4.69, 9.17) is 9.26 Å². The number of anilines is 1. The molecule has 1 aromatic heterocycles. The highest BCUT2D eigenvalue weighted by Gasteiger charge is 2.20. The van der Waals surface area contributed by atoms with Gasteiger partial charge in [-0.15, -0.1) is 0 Å². The fraction of sp³-hybridized carbons (Fsp3) is 0.211. The monoisotopic (exact) mass is 356 g/mol. The minimum Gasteiger partial charge on any atom is -0.452 e. The maximum Gasteiger partial charge on any atom is 0.312 e. The number of rotatable bonds is 5. The molecule has 0 aliphatic carbocycles. The Morgan fingerprint density at radius 1 is 1.27 bits per heavy atom. The number of hydrogen-bond acceptors (Lipinski definition) is 5. The number of halogens is 1. The van der Waals surface area contributed by atoms with Gasteiger partial charge < -0.3 is 14.6 Å². The molecule has 3 rings (SSSR count). The van der Waals surface area contributed by atoms with Crippen molar-refractivity contribution in [2.45, 2.75) is 26.4 Å². The maximum atomic E-state index is 13.5. The number of benzene rings is 2. The highest BCUT2D eigenvalue weighted by Crippen LogP contribution is 2.19. The van der Waals surface area contributed by atoms with Crippen LogP contribution in [0.4, 0.5) is 10.1 Å². The molecule has 1 amide bonds. The van der Waals surface area contributed by atoms with Crippen molar-refractivity contribution in [3.05, 3.63) is 59.5 Å². The molecule has 1 atom stereocenters. The van der Waals surface area contributed by atoms with Crippen LogP contribution < -0.4 is 5.32 Å². The third-order valence-corrected chi connectivity index (χ3v) is 3.88. The van der Waals surface area contributed by atoms with Crippen LogP contribution in [0, 0.1) is 12.7 Å². The summed E-state index contributed by atoms with van der Waals surface area (Å²) in [6, 6.07) is 11.5. The number of amides is 1. The van der Waals surface area contributed by atoms with Gasteiger partial charge in [0.1, 0.15) is 11.5 Å². The van der Waals surface area contributed by atoms with Crippen molar-refractivity contribution in [2.75, 3.05) is 5.32 Å². The molecule has 0 unspecified atom stereocenters. The average molecular weight is 356 g/mol. The highest BCUT2D eigenvalue weighted by atomic mass is 19.1. The maximum absolute atomic E-state index is 13.5. The first-order valence-electron chi connectivity index (χ1n) is 8.04. The number of nitrogens with one attached hydrogen (secondary N) is 1. The molecular weight excluding hydrogens is 339 g/mol. The van der Waals surface area contributed by atoms with E-state index in [0.29, 0.717) is 22.5 Å². The van der Waals surface area contributed by atoms with Gasteiger partial charge in [0.05, 0.1) is 6.42 Å². The minimum absolute atomic E-state index is 0.117. The van der Waals surface area contributed by atoms with E-state index in [1.165, 1.54) is 13.0 Å². The Labute approximate surface area is 148 Å². The number of aromatic nitrogens is 1. The zero-order valence-electron chi connectivity index (χ0n) is 14.3. The molecule has 0 aliphatic rings. The Kier molecular flexibility index (Phi) is 4.97. The molecule has 3 aromatic rings. The summed E-state index contributed by atoms with van der Waals surface area (Å²) in [6.07, 6.45) is -1.15. The van der Waals surface area contributed by atoms with Gasteiger partial charge >= 0.3 is 5.97 Å². The number of carbonyl (C=O) groups is 2. The summed E-state index contributed by atoms with van der Waals surface area (Å²) in [5.74, 6) is -1.58. The SMILES string of the molecule is Cc1ccc(NC(=O)[C@@H](C)OC(=O)Cc2noc3ccccc23)cc1F. The Bertz CT molecular complexity index is 967. The lowest BCUT2D eigenvalue weighted by Gasteiger charge is -2.13. The van der Waals surface area contributed by atoms with E-state index in [0.717, 1.165) is 5.39 Å². The molecule has 0 saturated heterocycles. The number of ether oxygens (including phenoxy) is 1. The van der Waals surface area contributed by atoms with Gasteiger partial charge in [-0.05, 0) is 43.7 Å². The first-order chi connectivity index (χ1) is 12.4. The smallest absolute Gasteiger partial charge is 0.312 e. The van der Waals surface area contributed by atoms with Gasteiger partial charge in [0.25, 0.3) is 5.91 Å². The van der Waals surface area contributed by atoms with Crippen molar-refractivity contribution in [1.29, 1.82) is 0 Å². The fourth-order valence-electron chi connectivity index (χ4n) is 2.41. The standard InChI is InChI=1S/C19H17FN2O4/c1-11-7-8-13(9-15(11)20)21-19(24)12(2)25-18(23)10-16-14-5-3-4-6-17(14)26-22-16/h3-9,12H,10H2,1-2H3,(H,21,24)/t12-/m1/s1. The van der Waals surface area contributed by atoms with Crippen LogP contribution in [0.1, 0.15) is 18.2 Å². The number of esters is 1. The number of para-hydroxylation sites is 1. The number of hydrogen-bond donors (Lipinski definition) is 1. The molecule has 0 aliphatic heterocycles. The summed E-state index contributed by atoms with van der Waals surface area (Å²) in [7, 11) is 0. The van der Waals surface area contributed by atoms with Gasteiger partial charge in [-0.25, -0.2) is 4.39 Å². The van der Waals surface area contributed by atoms with E-state index in [9.17, 15) is 14.0 Å². The first kappa shape index (κ1) is 17.6. The zero-order valence-corrected chi connectivity index (χ0v) is 14.3. The van der Waals surface area contributed by atoms with Crippen LogP contribution in [0.3, 0.4) is 0 Å². The van der Waals surface area contributed by atoms with E-state index in [-0.39, 0.29) is 6.42 Å². The average Bonchev–Trinajstić information content (AvgIpc) is 3.01. The topological polar surface area (TPSA) is 81.4 Å². The second-order valence-corrected chi connectivity index (χ2v) is 5.89. The van der Waals surface area contributed by atoms with E-state index in [2.05, 4.69) is 10.5 Å². The summed E-state index contributed by atoms with van der Waals surface area (Å²) in [5, 5.41) is 7.09. The molecule has 26 heavy (non-hydrogen) atoms. The van der Waals surface area contributed by atoms with Gasteiger partial charge in [-0.3, -0.25) is 9.59 Å². The van der Waals surface area contributed by atoms with Gasteiger partial charge in [0.2, 0.25) is 0 Å². The predicted molar refractivity (Wildman–Crippen MR) is 93.0 cm³/mol. The molecule has 2 aromatic carbocycles. The van der Waals surface area contributed by atoms with Gasteiger partial charge in [-0.2, -0.15) is 0 Å². The molecule has 0 spiro atoms. The lowest BCUT2D eigenvalue weighted by atomic mass is 10.2.